The summed E-state index contributed by atoms with van der Waals surface area (Å²) < 4.78 is 5.69. The maximum Gasteiger partial charge on any atom is 0.250 e. The molecule has 0 bridgehead atoms. The second kappa shape index (κ2) is 10.1. The van der Waals surface area contributed by atoms with Crippen LogP contribution in [0.15, 0.2) is 53.0 Å². The average Bonchev–Trinajstić information content (AvgIpc) is 3.13. The van der Waals surface area contributed by atoms with Crippen molar-refractivity contribution in [1.82, 2.24) is 5.32 Å². The summed E-state index contributed by atoms with van der Waals surface area (Å²) >= 11 is 35.1. The molecule has 0 aliphatic carbocycles. The van der Waals surface area contributed by atoms with E-state index in [0.717, 1.165) is 0 Å². The average molecular weight is 521 g/mol. The fourth-order valence-electron chi connectivity index (χ4n) is 2.36. The SMILES string of the molecule is O=C(/C=C/c1ccc(-c2ccc(Cl)cc2Cl)o1)NC(=S)Nc1cc(Cl)c(Cl)cc1Cl. The van der Waals surface area contributed by atoms with Gasteiger partial charge >= 0.3 is 0 Å². The molecule has 3 aromatic rings. The van der Waals surface area contributed by atoms with Crippen LogP contribution in [-0.4, -0.2) is 11.0 Å². The van der Waals surface area contributed by atoms with Crippen molar-refractivity contribution < 1.29 is 9.21 Å². The van der Waals surface area contributed by atoms with Crippen molar-refractivity contribution in [2.24, 2.45) is 0 Å². The third-order valence-electron chi connectivity index (χ3n) is 3.72. The number of amides is 1. The van der Waals surface area contributed by atoms with E-state index in [9.17, 15) is 4.79 Å². The zero-order valence-electron chi connectivity index (χ0n) is 14.8. The third-order valence-corrected chi connectivity index (χ3v) is 5.50. The summed E-state index contributed by atoms with van der Waals surface area (Å²) in [6.07, 6.45) is 2.77. The zero-order valence-corrected chi connectivity index (χ0v) is 19.4. The van der Waals surface area contributed by atoms with Gasteiger partial charge in [-0.1, -0.05) is 58.0 Å². The van der Waals surface area contributed by atoms with Crippen LogP contribution in [0.1, 0.15) is 5.76 Å². The fraction of sp³-hybridized carbons (Fsp3) is 0. The predicted molar refractivity (Wildman–Crippen MR) is 129 cm³/mol. The number of rotatable bonds is 4. The van der Waals surface area contributed by atoms with Gasteiger partial charge in [0.1, 0.15) is 11.5 Å². The number of hydrogen-bond donors (Lipinski definition) is 2. The monoisotopic (exact) mass is 518 g/mol. The van der Waals surface area contributed by atoms with E-state index >= 15 is 0 Å². The Morgan fingerprint density at radius 2 is 1.63 bits per heavy atom. The molecule has 4 nitrogen and oxygen atoms in total. The zero-order chi connectivity index (χ0) is 21.8. The number of furan rings is 1. The molecule has 10 heteroatoms. The smallest absolute Gasteiger partial charge is 0.250 e. The minimum absolute atomic E-state index is 0.0398. The highest BCUT2D eigenvalue weighted by atomic mass is 35.5. The van der Waals surface area contributed by atoms with Crippen LogP contribution in [0.3, 0.4) is 0 Å². The van der Waals surface area contributed by atoms with E-state index in [2.05, 4.69) is 10.6 Å². The summed E-state index contributed by atoms with van der Waals surface area (Å²) in [6.45, 7) is 0. The van der Waals surface area contributed by atoms with Crippen LogP contribution in [0, 0.1) is 0 Å². The molecule has 0 fully saturated rings. The molecule has 1 aromatic heterocycles. The van der Waals surface area contributed by atoms with Crippen LogP contribution in [0.5, 0.6) is 0 Å². The Balaban J connectivity index is 1.62. The van der Waals surface area contributed by atoms with Crippen molar-refractivity contribution in [3.8, 4) is 11.3 Å². The van der Waals surface area contributed by atoms with Gasteiger partial charge in [0, 0.05) is 16.7 Å². The summed E-state index contributed by atoms with van der Waals surface area (Å²) in [6, 6.07) is 11.5. The molecule has 2 N–H and O–H groups in total. The predicted octanol–water partition coefficient (Wildman–Crippen LogP) is 7.74. The normalized spacial score (nSPS) is 11.0. The van der Waals surface area contributed by atoms with Gasteiger partial charge in [0.05, 0.1) is 25.8 Å². The number of carbonyl (C=O) groups is 1. The lowest BCUT2D eigenvalue weighted by molar-refractivity contribution is -0.115. The van der Waals surface area contributed by atoms with E-state index in [0.29, 0.717) is 47.9 Å². The second-order valence-electron chi connectivity index (χ2n) is 5.85. The highest BCUT2D eigenvalue weighted by molar-refractivity contribution is 7.80. The highest BCUT2D eigenvalue weighted by Crippen LogP contribution is 2.33. The van der Waals surface area contributed by atoms with E-state index in [1.54, 1.807) is 30.3 Å². The first-order chi connectivity index (χ1) is 14.2. The number of benzene rings is 2. The third kappa shape index (κ3) is 5.91. The molecule has 0 atom stereocenters. The summed E-state index contributed by atoms with van der Waals surface area (Å²) in [4.78, 5) is 12.1. The van der Waals surface area contributed by atoms with Gasteiger partial charge in [-0.2, -0.15) is 0 Å². The van der Waals surface area contributed by atoms with Crippen LogP contribution in [0.4, 0.5) is 5.69 Å². The van der Waals surface area contributed by atoms with Gasteiger partial charge in [-0.05, 0) is 60.8 Å². The van der Waals surface area contributed by atoms with E-state index in [4.69, 9.17) is 74.6 Å². The molecule has 1 heterocycles. The maximum absolute atomic E-state index is 12.1. The van der Waals surface area contributed by atoms with Crippen molar-refractivity contribution in [2.45, 2.75) is 0 Å². The van der Waals surface area contributed by atoms with Gasteiger partial charge in [0.15, 0.2) is 5.11 Å². The Bertz CT molecular complexity index is 1160. The first kappa shape index (κ1) is 22.9. The molecule has 0 radical (unpaired) electrons. The Morgan fingerprint density at radius 3 is 2.37 bits per heavy atom. The molecule has 0 spiro atoms. The number of thiocarbonyl (C=S) groups is 1. The van der Waals surface area contributed by atoms with E-state index in [1.165, 1.54) is 24.3 Å². The fourth-order valence-corrected chi connectivity index (χ4v) is 3.67. The Kier molecular flexibility index (Phi) is 7.69. The van der Waals surface area contributed by atoms with Crippen LogP contribution in [0.25, 0.3) is 17.4 Å². The number of nitrogens with one attached hydrogen (secondary N) is 2. The molecule has 30 heavy (non-hydrogen) atoms. The minimum Gasteiger partial charge on any atom is -0.457 e. The van der Waals surface area contributed by atoms with Gasteiger partial charge < -0.3 is 9.73 Å². The summed E-state index contributed by atoms with van der Waals surface area (Å²) in [5.41, 5.74) is 1.10. The van der Waals surface area contributed by atoms with Crippen molar-refractivity contribution in [3.05, 3.63) is 79.4 Å². The van der Waals surface area contributed by atoms with Crippen LogP contribution in [0.2, 0.25) is 25.1 Å². The molecule has 0 aliphatic rings. The van der Waals surface area contributed by atoms with Crippen LogP contribution >= 0.6 is 70.2 Å². The van der Waals surface area contributed by atoms with Crippen molar-refractivity contribution in [1.29, 1.82) is 0 Å². The van der Waals surface area contributed by atoms with Gasteiger partial charge in [-0.3, -0.25) is 10.1 Å². The molecule has 0 saturated heterocycles. The molecular weight excluding hydrogens is 510 g/mol. The number of carbonyl (C=O) groups excluding carboxylic acids is 1. The van der Waals surface area contributed by atoms with Crippen molar-refractivity contribution >= 4 is 93.0 Å². The van der Waals surface area contributed by atoms with E-state index < -0.39 is 5.91 Å². The van der Waals surface area contributed by atoms with Gasteiger partial charge in [0.25, 0.3) is 0 Å². The second-order valence-corrected chi connectivity index (χ2v) is 8.32. The standard InChI is InChI=1S/C20H11Cl5N2O2S/c21-10-1-4-12(13(22)7-10)18-5-2-11(29-18)3-6-19(28)27-20(30)26-17-9-15(24)14(23)8-16(17)25/h1-9H,(H2,26,27,28,30)/b6-3+. The summed E-state index contributed by atoms with van der Waals surface area (Å²) in [7, 11) is 0. The first-order valence-electron chi connectivity index (χ1n) is 8.23. The van der Waals surface area contributed by atoms with Crippen molar-refractivity contribution in [2.75, 3.05) is 5.32 Å². The Hall–Kier alpha value is -1.73. The molecule has 0 saturated carbocycles. The van der Waals surface area contributed by atoms with Crippen LogP contribution in [-0.2, 0) is 4.79 Å². The quantitative estimate of drug-likeness (QED) is 0.210. The minimum atomic E-state index is -0.467. The van der Waals surface area contributed by atoms with E-state index in [1.807, 2.05) is 0 Å². The van der Waals surface area contributed by atoms with E-state index in [-0.39, 0.29) is 5.11 Å². The topological polar surface area (TPSA) is 54.3 Å². The first-order valence-corrected chi connectivity index (χ1v) is 10.5. The Morgan fingerprint density at radius 1 is 0.900 bits per heavy atom. The molecular formula is C20H11Cl5N2O2S. The summed E-state index contributed by atoms with van der Waals surface area (Å²) in [5, 5.41) is 7.22. The lowest BCUT2D eigenvalue weighted by Crippen LogP contribution is -2.32. The molecule has 2 aromatic carbocycles. The molecule has 0 aliphatic heterocycles. The lowest BCUT2D eigenvalue weighted by Gasteiger charge is -2.10. The number of halogens is 5. The molecule has 0 unspecified atom stereocenters. The lowest BCUT2D eigenvalue weighted by atomic mass is 10.2. The number of anilines is 1. The van der Waals surface area contributed by atoms with Crippen LogP contribution < -0.4 is 10.6 Å². The maximum atomic E-state index is 12.1. The summed E-state index contributed by atoms with van der Waals surface area (Å²) in [5.74, 6) is 0.534. The molecule has 3 rings (SSSR count). The number of hydrogen-bond acceptors (Lipinski definition) is 3. The largest absolute Gasteiger partial charge is 0.457 e. The van der Waals surface area contributed by atoms with Gasteiger partial charge in [-0.15, -0.1) is 0 Å². The molecule has 154 valence electrons. The molecule has 1 amide bonds. The van der Waals surface area contributed by atoms with Gasteiger partial charge in [-0.25, -0.2) is 0 Å². The van der Waals surface area contributed by atoms with Gasteiger partial charge in [0.2, 0.25) is 5.91 Å². The van der Waals surface area contributed by atoms with Crippen molar-refractivity contribution in [3.63, 3.8) is 0 Å². The Labute approximate surface area is 202 Å². The highest BCUT2D eigenvalue weighted by Gasteiger charge is 2.10.